The van der Waals surface area contributed by atoms with Gasteiger partial charge in [-0.25, -0.2) is 0 Å². The van der Waals surface area contributed by atoms with Crippen molar-refractivity contribution in [1.82, 2.24) is 4.90 Å². The molecule has 10 atom stereocenters. The molecule has 0 saturated carbocycles. The fourth-order valence-electron chi connectivity index (χ4n) is 5.95. The highest BCUT2D eigenvalue weighted by Gasteiger charge is 2.40. The number of cyclic esters (lactones) is 1. The van der Waals surface area contributed by atoms with Crippen molar-refractivity contribution in [2.45, 2.75) is 144 Å². The van der Waals surface area contributed by atoms with Gasteiger partial charge in [-0.05, 0) is 79.3 Å². The van der Waals surface area contributed by atoms with Gasteiger partial charge in [0.25, 0.3) is 0 Å². The van der Waals surface area contributed by atoms with Gasteiger partial charge in [-0.15, -0.1) is 0 Å². The standard InChI is InChI=1S/C21H36O5.C9H19NO2.C2H6.CH4O.H2O/c1-8-17-21(7,25)11-15(5)18(22)13(3)9-12(2)10-14(4)19(23)16(6)20(24)26-17;1-7-4-5-8(10(2)3)6-9(11)12-7;2*1-2;/h12-17,25H,8-11H2,1-7H3;7-9,11H,4-6H2,1-3H3;1-2H3;2H,1H3;1H2/t12-,13+,14?,15+,16?,17+,21-;;;;/m0..../s1. The van der Waals surface area contributed by atoms with Crippen LogP contribution in [0.1, 0.15) is 114 Å². The first-order chi connectivity index (χ1) is 19.5. The van der Waals surface area contributed by atoms with Crippen molar-refractivity contribution in [2.24, 2.45) is 29.6 Å². The van der Waals surface area contributed by atoms with Gasteiger partial charge in [0, 0.05) is 37.3 Å². The Morgan fingerprint density at radius 2 is 1.35 bits per heavy atom. The summed E-state index contributed by atoms with van der Waals surface area (Å²) < 4.78 is 10.8. The number of carbonyl (C=O) groups excluding carboxylic acids is 3. The van der Waals surface area contributed by atoms with Gasteiger partial charge in [-0.1, -0.05) is 48.5 Å². The van der Waals surface area contributed by atoms with Crippen LogP contribution in [0, 0.1) is 29.6 Å². The molecule has 2 rings (SSSR count). The molecule has 258 valence electrons. The number of hydrogen-bond donors (Lipinski definition) is 3. The van der Waals surface area contributed by atoms with Crippen LogP contribution in [0.5, 0.6) is 0 Å². The van der Waals surface area contributed by atoms with Crippen LogP contribution in [0.25, 0.3) is 0 Å². The van der Waals surface area contributed by atoms with Crippen molar-refractivity contribution in [1.29, 1.82) is 0 Å². The summed E-state index contributed by atoms with van der Waals surface area (Å²) in [7, 11) is 5.10. The summed E-state index contributed by atoms with van der Waals surface area (Å²) >= 11 is 0. The molecule has 10 heteroatoms. The lowest BCUT2D eigenvalue weighted by Crippen LogP contribution is -2.46. The predicted molar refractivity (Wildman–Crippen MR) is 171 cm³/mol. The Hall–Kier alpha value is -1.43. The van der Waals surface area contributed by atoms with Crippen LogP contribution < -0.4 is 0 Å². The van der Waals surface area contributed by atoms with Crippen LogP contribution in [0.4, 0.5) is 0 Å². The summed E-state index contributed by atoms with van der Waals surface area (Å²) in [6.07, 6.45) is 3.78. The molecule has 10 nitrogen and oxygen atoms in total. The van der Waals surface area contributed by atoms with Gasteiger partial charge in [0.05, 0.1) is 11.7 Å². The lowest BCUT2D eigenvalue weighted by atomic mass is 9.78. The molecule has 0 radical (unpaired) electrons. The number of aliphatic hydroxyl groups excluding tert-OH is 2. The van der Waals surface area contributed by atoms with Gasteiger partial charge in [0.2, 0.25) is 0 Å². The predicted octanol–water partition coefficient (Wildman–Crippen LogP) is 4.20. The third-order valence-electron chi connectivity index (χ3n) is 8.29. The second-order valence-electron chi connectivity index (χ2n) is 12.5. The molecule has 0 aromatic carbocycles. The molecule has 0 aromatic heterocycles. The Balaban J connectivity index is -0.000000786. The molecule has 5 N–H and O–H groups in total. The Morgan fingerprint density at radius 3 is 1.81 bits per heavy atom. The van der Waals surface area contributed by atoms with Crippen molar-refractivity contribution in [3.63, 3.8) is 0 Å². The first-order valence-corrected chi connectivity index (χ1v) is 15.9. The first kappa shape index (κ1) is 46.0. The minimum absolute atomic E-state index is 0. The van der Waals surface area contributed by atoms with Crippen molar-refractivity contribution in [3.05, 3.63) is 0 Å². The molecule has 2 aliphatic rings. The van der Waals surface area contributed by atoms with E-state index < -0.39 is 29.9 Å². The van der Waals surface area contributed by atoms with Gasteiger partial charge in [-0.3, -0.25) is 14.4 Å². The first-order valence-electron chi connectivity index (χ1n) is 15.9. The van der Waals surface area contributed by atoms with Crippen LogP contribution in [0.15, 0.2) is 0 Å². The summed E-state index contributed by atoms with van der Waals surface area (Å²) in [6.45, 7) is 18.6. The number of ether oxygens (including phenoxy) is 2. The molecule has 5 unspecified atom stereocenters. The average molecular weight is 622 g/mol. The van der Waals surface area contributed by atoms with E-state index in [1.807, 2.05) is 69.5 Å². The van der Waals surface area contributed by atoms with Gasteiger partial charge < -0.3 is 35.2 Å². The fraction of sp³-hybridized carbons (Fsp3) is 0.909. The van der Waals surface area contributed by atoms with E-state index in [4.69, 9.17) is 14.6 Å². The molecule has 2 heterocycles. The van der Waals surface area contributed by atoms with Gasteiger partial charge in [0.15, 0.2) is 6.29 Å². The lowest BCUT2D eigenvalue weighted by Gasteiger charge is -2.35. The maximum atomic E-state index is 12.7. The second kappa shape index (κ2) is 23.0. The molecule has 0 spiro atoms. The smallest absolute Gasteiger partial charge is 0.316 e. The van der Waals surface area contributed by atoms with Crippen molar-refractivity contribution in [2.75, 3.05) is 21.2 Å². The van der Waals surface area contributed by atoms with E-state index in [0.717, 1.165) is 26.4 Å². The molecule has 0 aromatic rings. The highest BCUT2D eigenvalue weighted by Crippen LogP contribution is 2.31. The minimum atomic E-state index is -1.32. The largest absolute Gasteiger partial charge is 0.459 e. The Morgan fingerprint density at radius 1 is 0.860 bits per heavy atom. The highest BCUT2D eigenvalue weighted by atomic mass is 16.6. The van der Waals surface area contributed by atoms with E-state index in [2.05, 4.69) is 4.90 Å². The number of carbonyl (C=O) groups is 3. The van der Waals surface area contributed by atoms with E-state index in [-0.39, 0.29) is 53.2 Å². The van der Waals surface area contributed by atoms with Crippen molar-refractivity contribution in [3.8, 4) is 0 Å². The number of nitrogens with zero attached hydrogens (tertiary/aromatic N) is 1. The number of Topliss-reactive ketones (excluding diaryl/α,β-unsaturated/α-hetero) is 2. The number of ketones is 2. The zero-order valence-corrected chi connectivity index (χ0v) is 29.5. The molecular formula is C33H67NO9. The van der Waals surface area contributed by atoms with E-state index in [1.54, 1.807) is 13.8 Å². The molecular weight excluding hydrogens is 554 g/mol. The third-order valence-corrected chi connectivity index (χ3v) is 8.29. The molecule has 43 heavy (non-hydrogen) atoms. The fourth-order valence-corrected chi connectivity index (χ4v) is 5.95. The Labute approximate surface area is 262 Å². The Bertz CT molecular complexity index is 773. The summed E-state index contributed by atoms with van der Waals surface area (Å²) in [5, 5.41) is 27.3. The van der Waals surface area contributed by atoms with Crippen LogP contribution in [0.2, 0.25) is 0 Å². The molecule has 0 aliphatic carbocycles. The Kier molecular flexibility index (Phi) is 24.6. The van der Waals surface area contributed by atoms with Gasteiger partial charge in [-0.2, -0.15) is 0 Å². The second-order valence-corrected chi connectivity index (χ2v) is 12.5. The summed E-state index contributed by atoms with van der Waals surface area (Å²) in [5.41, 5.74) is -1.32. The minimum Gasteiger partial charge on any atom is -0.459 e. The van der Waals surface area contributed by atoms with Gasteiger partial charge >= 0.3 is 5.97 Å². The third kappa shape index (κ3) is 16.5. The molecule has 2 saturated heterocycles. The highest BCUT2D eigenvalue weighted by molar-refractivity contribution is 5.99. The van der Waals surface area contributed by atoms with E-state index in [0.29, 0.717) is 25.3 Å². The topological polar surface area (TPSA) is 165 Å². The zero-order chi connectivity index (χ0) is 33.4. The molecule has 2 aliphatic heterocycles. The normalized spacial score (nSPS) is 36.0. The van der Waals surface area contributed by atoms with Gasteiger partial charge in [0.1, 0.15) is 23.6 Å². The summed E-state index contributed by atoms with van der Waals surface area (Å²) in [4.78, 5) is 39.9. The number of esters is 1. The quantitative estimate of drug-likeness (QED) is 0.303. The lowest BCUT2D eigenvalue weighted by molar-refractivity contribution is -0.172. The zero-order valence-electron chi connectivity index (χ0n) is 29.5. The SMILES string of the molecule is CC.CC1CCC(N(C)C)CC(O)O1.CC[C@H]1OC(=O)C(C)C(=O)C(C)C[C@@H](C)C[C@@H](C)C(=O)[C@H](C)C[C@]1(C)O.CO.O. The summed E-state index contributed by atoms with van der Waals surface area (Å²) in [5.74, 6) is -1.97. The van der Waals surface area contributed by atoms with Crippen LogP contribution in [0.3, 0.4) is 0 Å². The average Bonchev–Trinajstić information content (AvgIpc) is 3.11. The van der Waals surface area contributed by atoms with E-state index in [9.17, 15) is 24.6 Å². The van der Waals surface area contributed by atoms with E-state index in [1.165, 1.54) is 0 Å². The number of rotatable bonds is 2. The number of aliphatic hydroxyl groups is 3. The van der Waals surface area contributed by atoms with Crippen molar-refractivity contribution < 1.29 is 44.7 Å². The van der Waals surface area contributed by atoms with Crippen LogP contribution in [-0.4, -0.2) is 94.6 Å². The molecule has 0 amide bonds. The van der Waals surface area contributed by atoms with Crippen molar-refractivity contribution >= 4 is 17.5 Å². The maximum absolute atomic E-state index is 12.7. The maximum Gasteiger partial charge on any atom is 0.316 e. The monoisotopic (exact) mass is 621 g/mol. The molecule has 2 fully saturated rings. The van der Waals surface area contributed by atoms with Crippen LogP contribution in [-0.2, 0) is 23.9 Å². The van der Waals surface area contributed by atoms with E-state index >= 15 is 0 Å². The summed E-state index contributed by atoms with van der Waals surface area (Å²) in [6, 6.07) is 0.463. The van der Waals surface area contributed by atoms with Crippen LogP contribution >= 0.6 is 0 Å². The number of hydrogen-bond acceptors (Lipinski definition) is 9. The molecule has 0 bridgehead atoms.